The Morgan fingerprint density at radius 1 is 0.680 bits per heavy atom. The molecule has 0 spiro atoms. The van der Waals surface area contributed by atoms with Gasteiger partial charge in [0.15, 0.2) is 0 Å². The number of hydrogen-bond donors (Lipinski definition) is 1. The van der Waals surface area contributed by atoms with E-state index in [9.17, 15) is 4.79 Å². The average Bonchev–Trinajstić information content (AvgIpc) is 2.62. The van der Waals surface area contributed by atoms with Gasteiger partial charge in [0.2, 0.25) is 0 Å². The van der Waals surface area contributed by atoms with Gasteiger partial charge in [-0.3, -0.25) is 4.79 Å². The monoisotopic (exact) mass is 371 g/mol. The van der Waals surface area contributed by atoms with Crippen molar-refractivity contribution in [3.63, 3.8) is 0 Å². The van der Waals surface area contributed by atoms with Crippen LogP contribution in [0.2, 0.25) is 0 Å². The fourth-order valence-electron chi connectivity index (χ4n) is 3.35. The van der Waals surface area contributed by atoms with Crippen molar-refractivity contribution in [1.82, 2.24) is 5.32 Å². The first-order valence-corrected chi connectivity index (χ1v) is 11.9. The Balaban J connectivity index is 4.35. The van der Waals surface area contributed by atoms with Crippen LogP contribution in [0.15, 0.2) is 0 Å². The van der Waals surface area contributed by atoms with Crippen molar-refractivity contribution in [3.05, 3.63) is 0 Å². The minimum absolute atomic E-state index is 0.174. The summed E-state index contributed by atoms with van der Waals surface area (Å²) in [6.07, 6.45) is 18.6. The Hall–Kier alpha value is -0.180. The van der Waals surface area contributed by atoms with Crippen molar-refractivity contribution < 1.29 is 4.79 Å². The van der Waals surface area contributed by atoms with Gasteiger partial charge in [0.05, 0.1) is 0 Å². The highest BCUT2D eigenvalue weighted by Crippen LogP contribution is 2.40. The molecule has 0 heterocycles. The molecule has 0 saturated carbocycles. The Kier molecular flexibility index (Phi) is 17.1. The summed E-state index contributed by atoms with van der Waals surface area (Å²) in [5, 5.41) is 3.40. The molecular formula is C22H45NOS. The minimum Gasteiger partial charge on any atom is -0.347 e. The molecule has 0 aromatic rings. The number of carbonyl (C=O) groups is 1. The van der Waals surface area contributed by atoms with Gasteiger partial charge >= 0.3 is 0 Å². The van der Waals surface area contributed by atoms with Crippen molar-refractivity contribution >= 4 is 17.0 Å². The van der Waals surface area contributed by atoms with Crippen molar-refractivity contribution in [3.8, 4) is 0 Å². The first-order chi connectivity index (χ1) is 12.1. The maximum absolute atomic E-state index is 12.5. The van der Waals surface area contributed by atoms with E-state index in [1.807, 2.05) is 0 Å². The number of amides is 1. The second-order valence-corrected chi connectivity index (χ2v) is 9.02. The molecule has 1 amide bonds. The van der Waals surface area contributed by atoms with Crippen LogP contribution in [0.4, 0.5) is 4.79 Å². The molecule has 0 rings (SSSR count). The predicted octanol–water partition coefficient (Wildman–Crippen LogP) is 8.10. The van der Waals surface area contributed by atoms with Crippen LogP contribution >= 0.6 is 11.8 Å². The van der Waals surface area contributed by atoms with E-state index in [4.69, 9.17) is 0 Å². The molecular weight excluding hydrogens is 326 g/mol. The van der Waals surface area contributed by atoms with Gasteiger partial charge < -0.3 is 5.32 Å². The SMILES string of the molecule is CCCCCCCCNC(=O)SC(CCCC)(CCCC)CCCC. The standard InChI is InChI=1S/C22H45NOS/c1-5-9-13-14-15-16-20-23-21(24)25-22(17-10-6-2,18-11-7-3)19-12-8-4/h5-20H2,1-4H3,(H,23,24). The average molecular weight is 372 g/mol. The normalized spacial score (nSPS) is 11.7. The molecule has 0 atom stereocenters. The van der Waals surface area contributed by atoms with Crippen LogP contribution in [-0.4, -0.2) is 16.5 Å². The topological polar surface area (TPSA) is 29.1 Å². The lowest BCUT2D eigenvalue weighted by molar-refractivity contribution is 0.259. The first kappa shape index (κ1) is 24.8. The third-order valence-electron chi connectivity index (χ3n) is 5.07. The summed E-state index contributed by atoms with van der Waals surface area (Å²) < 4.78 is 0.174. The van der Waals surface area contributed by atoms with Gasteiger partial charge in [-0.25, -0.2) is 0 Å². The number of hydrogen-bond acceptors (Lipinski definition) is 2. The van der Waals surface area contributed by atoms with Crippen LogP contribution in [0.1, 0.15) is 124 Å². The zero-order valence-electron chi connectivity index (χ0n) is 17.6. The molecule has 0 saturated heterocycles. The van der Waals surface area contributed by atoms with Crippen LogP contribution in [0.3, 0.4) is 0 Å². The van der Waals surface area contributed by atoms with E-state index in [1.54, 1.807) is 11.8 Å². The van der Waals surface area contributed by atoms with Gasteiger partial charge in [-0.1, -0.05) is 110 Å². The second kappa shape index (κ2) is 17.2. The quantitative estimate of drug-likeness (QED) is 0.262. The summed E-state index contributed by atoms with van der Waals surface area (Å²) in [7, 11) is 0. The number of unbranched alkanes of at least 4 members (excludes halogenated alkanes) is 8. The molecule has 0 aromatic heterocycles. The van der Waals surface area contributed by atoms with E-state index in [0.29, 0.717) is 0 Å². The molecule has 0 aromatic carbocycles. The fourth-order valence-corrected chi connectivity index (χ4v) is 4.66. The number of thioether (sulfide) groups is 1. The minimum atomic E-state index is 0.174. The van der Waals surface area contributed by atoms with E-state index in [-0.39, 0.29) is 9.99 Å². The lowest BCUT2D eigenvalue weighted by Crippen LogP contribution is -2.31. The molecule has 0 aliphatic heterocycles. The van der Waals surface area contributed by atoms with Gasteiger partial charge in [-0.05, 0) is 25.7 Å². The van der Waals surface area contributed by atoms with Crippen LogP contribution in [0, 0.1) is 0 Å². The van der Waals surface area contributed by atoms with Gasteiger partial charge in [-0.15, -0.1) is 0 Å². The molecule has 0 aliphatic rings. The highest BCUT2D eigenvalue weighted by Gasteiger charge is 2.32. The van der Waals surface area contributed by atoms with Crippen molar-refractivity contribution in [2.75, 3.05) is 6.54 Å². The zero-order chi connectivity index (χ0) is 18.8. The first-order valence-electron chi connectivity index (χ1n) is 11.1. The molecule has 0 radical (unpaired) electrons. The molecule has 25 heavy (non-hydrogen) atoms. The summed E-state index contributed by atoms with van der Waals surface area (Å²) in [5.74, 6) is 0. The second-order valence-electron chi connectivity index (χ2n) is 7.58. The molecule has 150 valence electrons. The lowest BCUT2D eigenvalue weighted by atomic mass is 9.90. The Labute approximate surface area is 162 Å². The maximum atomic E-state index is 12.5. The van der Waals surface area contributed by atoms with Crippen LogP contribution in [0.5, 0.6) is 0 Å². The number of carbonyl (C=O) groups excluding carboxylic acids is 1. The molecule has 3 heteroatoms. The highest BCUT2D eigenvalue weighted by atomic mass is 32.2. The molecule has 1 N–H and O–H groups in total. The Bertz CT molecular complexity index is 285. The van der Waals surface area contributed by atoms with Gasteiger partial charge in [0, 0.05) is 11.3 Å². The third-order valence-corrected chi connectivity index (χ3v) is 6.44. The Morgan fingerprint density at radius 2 is 1.12 bits per heavy atom. The molecule has 2 nitrogen and oxygen atoms in total. The van der Waals surface area contributed by atoms with E-state index >= 15 is 0 Å². The summed E-state index contributed by atoms with van der Waals surface area (Å²) in [6, 6.07) is 0. The van der Waals surface area contributed by atoms with Crippen molar-refractivity contribution in [2.24, 2.45) is 0 Å². The van der Waals surface area contributed by atoms with Gasteiger partial charge in [0.1, 0.15) is 0 Å². The fraction of sp³-hybridized carbons (Fsp3) is 0.955. The van der Waals surface area contributed by atoms with E-state index in [1.165, 1.54) is 89.9 Å². The van der Waals surface area contributed by atoms with Crippen molar-refractivity contribution in [2.45, 2.75) is 129 Å². The molecule has 0 fully saturated rings. The van der Waals surface area contributed by atoms with E-state index in [2.05, 4.69) is 33.0 Å². The summed E-state index contributed by atoms with van der Waals surface area (Å²) in [4.78, 5) is 12.5. The summed E-state index contributed by atoms with van der Waals surface area (Å²) >= 11 is 1.63. The molecule has 0 bridgehead atoms. The Morgan fingerprint density at radius 3 is 1.60 bits per heavy atom. The molecule has 0 aliphatic carbocycles. The zero-order valence-corrected chi connectivity index (χ0v) is 18.4. The predicted molar refractivity (Wildman–Crippen MR) is 116 cm³/mol. The van der Waals surface area contributed by atoms with Crippen LogP contribution in [-0.2, 0) is 0 Å². The molecule has 0 unspecified atom stereocenters. The number of rotatable bonds is 17. The summed E-state index contributed by atoms with van der Waals surface area (Å²) in [6.45, 7) is 9.87. The number of nitrogens with one attached hydrogen (secondary N) is 1. The lowest BCUT2D eigenvalue weighted by Gasteiger charge is -2.33. The van der Waals surface area contributed by atoms with Gasteiger partial charge in [-0.2, -0.15) is 0 Å². The van der Waals surface area contributed by atoms with Crippen LogP contribution in [0.25, 0.3) is 0 Å². The van der Waals surface area contributed by atoms with E-state index in [0.717, 1.165) is 13.0 Å². The highest BCUT2D eigenvalue weighted by molar-refractivity contribution is 8.14. The van der Waals surface area contributed by atoms with Crippen LogP contribution < -0.4 is 5.32 Å². The maximum Gasteiger partial charge on any atom is 0.279 e. The smallest absolute Gasteiger partial charge is 0.279 e. The van der Waals surface area contributed by atoms with E-state index < -0.39 is 0 Å². The van der Waals surface area contributed by atoms with Crippen molar-refractivity contribution in [1.29, 1.82) is 0 Å². The largest absolute Gasteiger partial charge is 0.347 e. The third kappa shape index (κ3) is 13.7. The van der Waals surface area contributed by atoms with Gasteiger partial charge in [0.25, 0.3) is 5.24 Å². The summed E-state index contributed by atoms with van der Waals surface area (Å²) in [5.41, 5.74) is 0.